The van der Waals surface area contributed by atoms with Crippen LogP contribution < -0.4 is 10.6 Å². The maximum atomic E-state index is 5.58. The van der Waals surface area contributed by atoms with Gasteiger partial charge in [0.05, 0.1) is 12.2 Å². The van der Waals surface area contributed by atoms with Crippen LogP contribution in [0.1, 0.15) is 23.7 Å². The Balaban J connectivity index is 1.51. The minimum absolute atomic E-state index is 0.539. The fraction of sp³-hybridized carbons (Fsp3) is 0.304. The Morgan fingerprint density at radius 2 is 1.79 bits per heavy atom. The number of guanidine groups is 1. The van der Waals surface area contributed by atoms with Crippen LogP contribution in [0.4, 0.5) is 0 Å². The molecule has 1 aromatic heterocycles. The first-order valence-electron chi connectivity index (χ1n) is 9.88. The third-order valence-electron chi connectivity index (χ3n) is 4.68. The molecule has 0 aliphatic carbocycles. The zero-order chi connectivity index (χ0) is 20.5. The Bertz CT molecular complexity index is 920. The fourth-order valence-electron chi connectivity index (χ4n) is 2.94. The van der Waals surface area contributed by atoms with E-state index in [2.05, 4.69) is 63.7 Å². The topological polar surface area (TPSA) is 65.7 Å². The highest BCUT2D eigenvalue weighted by Crippen LogP contribution is 2.17. The lowest BCUT2D eigenvalue weighted by atomic mass is 10.1. The van der Waals surface area contributed by atoms with E-state index in [1.54, 1.807) is 13.3 Å². The number of aromatic nitrogens is 1. The molecule has 3 rings (SSSR count). The van der Waals surface area contributed by atoms with E-state index in [1.165, 1.54) is 11.1 Å². The summed E-state index contributed by atoms with van der Waals surface area (Å²) in [5.41, 5.74) is 4.33. The van der Waals surface area contributed by atoms with E-state index in [4.69, 9.17) is 4.42 Å². The second-order valence-corrected chi connectivity index (χ2v) is 6.94. The van der Waals surface area contributed by atoms with Gasteiger partial charge in [0.2, 0.25) is 5.89 Å². The first-order chi connectivity index (χ1) is 14.2. The van der Waals surface area contributed by atoms with Crippen LogP contribution in [0, 0.1) is 0 Å². The molecule has 0 unspecified atom stereocenters. The van der Waals surface area contributed by atoms with E-state index < -0.39 is 0 Å². The molecule has 0 bridgehead atoms. The zero-order valence-corrected chi connectivity index (χ0v) is 17.4. The summed E-state index contributed by atoms with van der Waals surface area (Å²) in [6.07, 6.45) is 1.68. The summed E-state index contributed by atoms with van der Waals surface area (Å²) in [4.78, 5) is 11.1. The number of rotatable bonds is 8. The maximum Gasteiger partial charge on any atom is 0.226 e. The van der Waals surface area contributed by atoms with Crippen LogP contribution in [0.2, 0.25) is 0 Å². The molecule has 1 heterocycles. The van der Waals surface area contributed by atoms with E-state index in [9.17, 15) is 0 Å². The zero-order valence-electron chi connectivity index (χ0n) is 17.4. The van der Waals surface area contributed by atoms with Crippen LogP contribution in [0.5, 0.6) is 0 Å². The van der Waals surface area contributed by atoms with Crippen molar-refractivity contribution in [3.8, 4) is 11.5 Å². The second kappa shape index (κ2) is 10.4. The highest BCUT2D eigenvalue weighted by atomic mass is 16.3. The quantitative estimate of drug-likeness (QED) is 0.453. The highest BCUT2D eigenvalue weighted by molar-refractivity contribution is 5.79. The molecule has 2 N–H and O–H groups in total. The Labute approximate surface area is 172 Å². The maximum absolute atomic E-state index is 5.58. The molecular formula is C23H29N5O. The number of benzene rings is 2. The van der Waals surface area contributed by atoms with Crippen LogP contribution in [-0.2, 0) is 19.6 Å². The summed E-state index contributed by atoms with van der Waals surface area (Å²) in [5, 5.41) is 6.64. The Morgan fingerprint density at radius 1 is 1.03 bits per heavy atom. The van der Waals surface area contributed by atoms with Crippen LogP contribution in [0.25, 0.3) is 11.5 Å². The highest BCUT2D eigenvalue weighted by Gasteiger charge is 2.07. The summed E-state index contributed by atoms with van der Waals surface area (Å²) in [5.74, 6) is 1.35. The van der Waals surface area contributed by atoms with E-state index in [0.717, 1.165) is 30.3 Å². The smallest absolute Gasteiger partial charge is 0.226 e. The van der Waals surface area contributed by atoms with Gasteiger partial charge in [0.15, 0.2) is 5.96 Å². The van der Waals surface area contributed by atoms with Crippen molar-refractivity contribution in [3.63, 3.8) is 0 Å². The molecular weight excluding hydrogens is 362 g/mol. The number of nitrogens with one attached hydrogen (secondary N) is 2. The first-order valence-corrected chi connectivity index (χ1v) is 9.88. The molecule has 0 saturated carbocycles. The lowest BCUT2D eigenvalue weighted by molar-refractivity contribution is 0.345. The van der Waals surface area contributed by atoms with Gasteiger partial charge in [-0.15, -0.1) is 0 Å². The predicted molar refractivity (Wildman–Crippen MR) is 117 cm³/mol. The van der Waals surface area contributed by atoms with Gasteiger partial charge in [0, 0.05) is 25.7 Å². The van der Waals surface area contributed by atoms with Gasteiger partial charge in [-0.3, -0.25) is 4.99 Å². The molecule has 0 radical (unpaired) electrons. The Morgan fingerprint density at radius 3 is 2.55 bits per heavy atom. The molecule has 0 aliphatic heterocycles. The Kier molecular flexibility index (Phi) is 7.41. The second-order valence-electron chi connectivity index (χ2n) is 6.94. The summed E-state index contributed by atoms with van der Waals surface area (Å²) >= 11 is 0. The summed E-state index contributed by atoms with van der Waals surface area (Å²) in [6, 6.07) is 18.5. The van der Waals surface area contributed by atoms with Crippen molar-refractivity contribution >= 4 is 5.96 Å². The largest absolute Gasteiger partial charge is 0.444 e. The van der Waals surface area contributed by atoms with E-state index >= 15 is 0 Å². The van der Waals surface area contributed by atoms with Crippen LogP contribution >= 0.6 is 0 Å². The number of oxazole rings is 1. The molecule has 0 saturated heterocycles. The summed E-state index contributed by atoms with van der Waals surface area (Å²) < 4.78 is 5.58. The molecule has 0 fully saturated rings. The fourth-order valence-corrected chi connectivity index (χ4v) is 2.94. The first kappa shape index (κ1) is 20.6. The van der Waals surface area contributed by atoms with E-state index in [0.29, 0.717) is 19.0 Å². The predicted octanol–water partition coefficient (Wildman–Crippen LogP) is 3.66. The number of nitrogens with zero attached hydrogens (tertiary/aromatic N) is 3. The molecule has 6 nitrogen and oxygen atoms in total. The molecule has 2 aromatic carbocycles. The van der Waals surface area contributed by atoms with Crippen molar-refractivity contribution in [2.24, 2.45) is 4.99 Å². The molecule has 6 heteroatoms. The standard InChI is InChI=1S/C23H29N5O/c1-4-28(3)16-19-10-8-9-18(13-19)14-25-23(24-2)26-15-21-17-29-22(27-21)20-11-6-5-7-12-20/h5-13,17H,4,14-16H2,1-3H3,(H2,24,25,26). The van der Waals surface area contributed by atoms with Gasteiger partial charge in [-0.1, -0.05) is 49.4 Å². The van der Waals surface area contributed by atoms with Gasteiger partial charge < -0.3 is 20.0 Å². The van der Waals surface area contributed by atoms with Crippen LogP contribution in [-0.4, -0.2) is 36.5 Å². The van der Waals surface area contributed by atoms with Gasteiger partial charge in [-0.05, 0) is 36.9 Å². The average Bonchev–Trinajstić information content (AvgIpc) is 3.24. The van der Waals surface area contributed by atoms with Crippen LogP contribution in [0.3, 0.4) is 0 Å². The molecule has 0 spiro atoms. The summed E-state index contributed by atoms with van der Waals surface area (Å²) in [7, 11) is 3.89. The normalized spacial score (nSPS) is 11.7. The van der Waals surface area contributed by atoms with Crippen molar-refractivity contribution in [2.75, 3.05) is 20.6 Å². The van der Waals surface area contributed by atoms with Gasteiger partial charge >= 0.3 is 0 Å². The molecule has 152 valence electrons. The van der Waals surface area contributed by atoms with E-state index in [1.807, 2.05) is 30.3 Å². The van der Waals surface area contributed by atoms with Crippen molar-refractivity contribution in [2.45, 2.75) is 26.6 Å². The molecule has 29 heavy (non-hydrogen) atoms. The van der Waals surface area contributed by atoms with Gasteiger partial charge in [-0.25, -0.2) is 4.98 Å². The van der Waals surface area contributed by atoms with Gasteiger partial charge in [0.1, 0.15) is 6.26 Å². The minimum Gasteiger partial charge on any atom is -0.444 e. The average molecular weight is 392 g/mol. The van der Waals surface area contributed by atoms with Gasteiger partial charge in [-0.2, -0.15) is 0 Å². The SMILES string of the molecule is CCN(C)Cc1cccc(CNC(=NC)NCc2coc(-c3ccccc3)n2)c1. The van der Waals surface area contributed by atoms with Crippen molar-refractivity contribution < 1.29 is 4.42 Å². The molecule has 3 aromatic rings. The number of hydrogen-bond acceptors (Lipinski definition) is 4. The van der Waals surface area contributed by atoms with Crippen molar-refractivity contribution in [1.29, 1.82) is 0 Å². The lowest BCUT2D eigenvalue weighted by Gasteiger charge is -2.15. The number of hydrogen-bond donors (Lipinski definition) is 2. The lowest BCUT2D eigenvalue weighted by Crippen LogP contribution is -2.36. The van der Waals surface area contributed by atoms with E-state index in [-0.39, 0.29) is 0 Å². The van der Waals surface area contributed by atoms with Crippen molar-refractivity contribution in [3.05, 3.63) is 77.7 Å². The van der Waals surface area contributed by atoms with Crippen LogP contribution in [0.15, 0.2) is 70.3 Å². The summed E-state index contributed by atoms with van der Waals surface area (Å²) in [6.45, 7) is 5.40. The van der Waals surface area contributed by atoms with Crippen molar-refractivity contribution in [1.82, 2.24) is 20.5 Å². The number of aliphatic imine (C=N–C) groups is 1. The van der Waals surface area contributed by atoms with Gasteiger partial charge in [0.25, 0.3) is 0 Å². The molecule has 0 aliphatic rings. The third kappa shape index (κ3) is 6.19. The Hall–Kier alpha value is -3.12. The third-order valence-corrected chi connectivity index (χ3v) is 4.68. The monoisotopic (exact) mass is 391 g/mol. The minimum atomic E-state index is 0.539. The molecule has 0 amide bonds. The molecule has 0 atom stereocenters.